The van der Waals surface area contributed by atoms with E-state index in [1.54, 1.807) is 0 Å². The highest BCUT2D eigenvalue weighted by Gasteiger charge is 2.41. The third-order valence-corrected chi connectivity index (χ3v) is 9.65. The van der Waals surface area contributed by atoms with E-state index in [1.807, 2.05) is 0 Å². The van der Waals surface area contributed by atoms with Crippen molar-refractivity contribution in [3.63, 3.8) is 0 Å². The molecule has 0 bridgehead atoms. The molecule has 2 nitrogen and oxygen atoms in total. The molecular weight excluding hydrogens is 583 g/mol. The van der Waals surface area contributed by atoms with Gasteiger partial charge in [0.25, 0.3) is 0 Å². The predicted molar refractivity (Wildman–Crippen MR) is 200 cm³/mol. The first kappa shape index (κ1) is 28.1. The van der Waals surface area contributed by atoms with Crippen LogP contribution in [0.2, 0.25) is 0 Å². The van der Waals surface area contributed by atoms with E-state index in [4.69, 9.17) is 4.74 Å². The molecule has 0 saturated heterocycles. The quantitative estimate of drug-likeness (QED) is 0.185. The maximum Gasteiger partial charge on any atom is 0.149 e. The summed E-state index contributed by atoms with van der Waals surface area (Å²) in [5, 5.41) is 2.50. The first-order valence-electron chi connectivity index (χ1n) is 16.6. The van der Waals surface area contributed by atoms with Crippen LogP contribution in [0, 0.1) is 0 Å². The molecule has 2 heteroatoms. The Morgan fingerprint density at radius 2 is 0.938 bits per heavy atom. The van der Waals surface area contributed by atoms with Gasteiger partial charge in [-0.1, -0.05) is 152 Å². The summed E-state index contributed by atoms with van der Waals surface area (Å²) in [6, 6.07) is 60.6. The minimum atomic E-state index is -0.179. The second kappa shape index (κ2) is 11.9. The van der Waals surface area contributed by atoms with Gasteiger partial charge in [-0.2, -0.15) is 0 Å². The van der Waals surface area contributed by atoms with Crippen LogP contribution in [0.5, 0.6) is 5.75 Å². The summed E-state index contributed by atoms with van der Waals surface area (Å²) >= 11 is 0. The van der Waals surface area contributed by atoms with E-state index in [9.17, 15) is 0 Å². The van der Waals surface area contributed by atoms with Crippen molar-refractivity contribution in [1.82, 2.24) is 0 Å². The molecule has 48 heavy (non-hydrogen) atoms. The molecule has 2 aliphatic rings. The summed E-state index contributed by atoms with van der Waals surface area (Å²) in [6.45, 7) is 0. The average Bonchev–Trinajstić information content (AvgIpc) is 3.56. The molecule has 0 radical (unpaired) electrons. The number of benzene rings is 7. The molecule has 0 spiro atoms. The molecule has 1 aliphatic carbocycles. The van der Waals surface area contributed by atoms with Gasteiger partial charge in [0.2, 0.25) is 0 Å². The van der Waals surface area contributed by atoms with Gasteiger partial charge in [0, 0.05) is 22.9 Å². The number of anilines is 2. The van der Waals surface area contributed by atoms with Crippen LogP contribution in [-0.4, -0.2) is 6.10 Å². The van der Waals surface area contributed by atoms with Crippen LogP contribution < -0.4 is 9.64 Å². The van der Waals surface area contributed by atoms with Crippen molar-refractivity contribution < 1.29 is 4.74 Å². The van der Waals surface area contributed by atoms with Crippen LogP contribution in [-0.2, 0) is 0 Å². The van der Waals surface area contributed by atoms with Gasteiger partial charge in [-0.05, 0) is 80.6 Å². The maximum absolute atomic E-state index is 7.04. The molecule has 0 amide bonds. The molecule has 7 aromatic rings. The lowest BCUT2D eigenvalue weighted by Crippen LogP contribution is -2.32. The molecule has 2 atom stereocenters. The summed E-state index contributed by atoms with van der Waals surface area (Å²) < 4.78 is 7.04. The van der Waals surface area contributed by atoms with Crippen LogP contribution in [0.15, 0.2) is 194 Å². The fourth-order valence-corrected chi connectivity index (χ4v) is 7.36. The summed E-state index contributed by atoms with van der Waals surface area (Å²) in [5.74, 6) is 1.04. The standard InChI is InChI=1S/C46H33NO/c1-4-13-32(14-5-1)34-23-27-37(28-24-34)47(38-29-25-35(26-30-38)33-15-6-2-7-16-33)43-22-12-21-41-45-40-20-11-10-19-39(40)42(31-44(45)48-46(41)43)36-17-8-3-9-18-36/h1-31,41,46H. The van der Waals surface area contributed by atoms with Crippen molar-refractivity contribution in [2.45, 2.75) is 12.0 Å². The zero-order chi connectivity index (χ0) is 31.9. The topological polar surface area (TPSA) is 12.5 Å². The highest BCUT2D eigenvalue weighted by Crippen LogP contribution is 2.51. The molecular formula is C46H33NO. The molecule has 0 saturated carbocycles. The van der Waals surface area contributed by atoms with Crippen LogP contribution in [0.1, 0.15) is 11.5 Å². The van der Waals surface area contributed by atoms with Gasteiger partial charge in [0.1, 0.15) is 11.9 Å². The number of rotatable bonds is 6. The smallest absolute Gasteiger partial charge is 0.149 e. The van der Waals surface area contributed by atoms with Crippen molar-refractivity contribution in [1.29, 1.82) is 0 Å². The van der Waals surface area contributed by atoms with E-state index in [0.29, 0.717) is 0 Å². The molecule has 0 aromatic heterocycles. The van der Waals surface area contributed by atoms with Gasteiger partial charge in [-0.15, -0.1) is 0 Å². The van der Waals surface area contributed by atoms with Crippen molar-refractivity contribution in [2.24, 2.45) is 0 Å². The second-order valence-corrected chi connectivity index (χ2v) is 12.4. The zero-order valence-corrected chi connectivity index (χ0v) is 26.4. The summed E-state index contributed by atoms with van der Waals surface area (Å²) in [6.07, 6.45) is 6.56. The monoisotopic (exact) mass is 615 g/mol. The lowest BCUT2D eigenvalue weighted by molar-refractivity contribution is 0.253. The van der Waals surface area contributed by atoms with Gasteiger partial charge >= 0.3 is 0 Å². The predicted octanol–water partition coefficient (Wildman–Crippen LogP) is 12.0. The van der Waals surface area contributed by atoms with E-state index in [0.717, 1.165) is 22.8 Å². The van der Waals surface area contributed by atoms with Crippen molar-refractivity contribution in [3.8, 4) is 39.1 Å². The number of nitrogens with zero attached hydrogens (tertiary/aromatic N) is 1. The molecule has 2 unspecified atom stereocenters. The molecule has 1 aliphatic heterocycles. The van der Waals surface area contributed by atoms with E-state index in [2.05, 4.69) is 193 Å². The highest BCUT2D eigenvalue weighted by molar-refractivity contribution is 6.01. The van der Waals surface area contributed by atoms with E-state index in [-0.39, 0.29) is 12.0 Å². The normalized spacial score (nSPS) is 16.1. The number of allylic oxidation sites excluding steroid dienone is 2. The van der Waals surface area contributed by atoms with Gasteiger partial charge < -0.3 is 9.64 Å². The summed E-state index contributed by atoms with van der Waals surface area (Å²) in [5.41, 5.74) is 11.8. The third-order valence-electron chi connectivity index (χ3n) is 9.65. The Balaban J connectivity index is 1.15. The van der Waals surface area contributed by atoms with Gasteiger partial charge in [0.05, 0.1) is 5.70 Å². The Kier molecular flexibility index (Phi) is 6.98. The largest absolute Gasteiger partial charge is 0.483 e. The maximum atomic E-state index is 7.04. The van der Waals surface area contributed by atoms with Crippen LogP contribution in [0.25, 0.3) is 44.2 Å². The zero-order valence-electron chi connectivity index (χ0n) is 26.4. The number of ether oxygens (including phenoxy) is 1. The second-order valence-electron chi connectivity index (χ2n) is 12.4. The van der Waals surface area contributed by atoms with E-state index in [1.165, 1.54) is 49.7 Å². The van der Waals surface area contributed by atoms with Crippen LogP contribution in [0.4, 0.5) is 11.4 Å². The first-order valence-corrected chi connectivity index (χ1v) is 16.6. The Hall–Kier alpha value is -6.12. The molecule has 9 rings (SSSR count). The molecule has 0 fully saturated rings. The minimum absolute atomic E-state index is 0.0874. The lowest BCUT2D eigenvalue weighted by atomic mass is 9.84. The Morgan fingerprint density at radius 3 is 1.50 bits per heavy atom. The SMILES string of the molecule is C1=CC2c3c(cc(-c4ccccc4)c4ccccc34)OC2C(N(c2ccc(-c3ccccc3)cc2)c2ccc(-c3ccccc3)cc2)=C1. The number of hydrogen-bond donors (Lipinski definition) is 0. The summed E-state index contributed by atoms with van der Waals surface area (Å²) in [4.78, 5) is 2.37. The highest BCUT2D eigenvalue weighted by atomic mass is 16.5. The summed E-state index contributed by atoms with van der Waals surface area (Å²) in [7, 11) is 0. The fraction of sp³-hybridized carbons (Fsp3) is 0.0435. The molecule has 1 heterocycles. The lowest BCUT2D eigenvalue weighted by Gasteiger charge is -2.34. The number of fused-ring (bicyclic) bond motifs is 5. The average molecular weight is 616 g/mol. The van der Waals surface area contributed by atoms with E-state index < -0.39 is 0 Å². The third kappa shape index (κ3) is 4.90. The van der Waals surface area contributed by atoms with Crippen molar-refractivity contribution in [3.05, 3.63) is 199 Å². The van der Waals surface area contributed by atoms with Crippen molar-refractivity contribution >= 4 is 22.1 Å². The molecule has 0 N–H and O–H groups in total. The number of hydrogen-bond acceptors (Lipinski definition) is 2. The van der Waals surface area contributed by atoms with E-state index >= 15 is 0 Å². The van der Waals surface area contributed by atoms with Gasteiger partial charge in [0.15, 0.2) is 0 Å². The Bertz CT molecular complexity index is 2200. The minimum Gasteiger partial charge on any atom is -0.483 e. The van der Waals surface area contributed by atoms with Gasteiger partial charge in [-0.25, -0.2) is 0 Å². The van der Waals surface area contributed by atoms with Crippen molar-refractivity contribution in [2.75, 3.05) is 4.90 Å². The first-order chi connectivity index (χ1) is 23.8. The molecule has 228 valence electrons. The Labute approximate surface area is 281 Å². The van der Waals surface area contributed by atoms with Gasteiger partial charge in [-0.3, -0.25) is 0 Å². The fourth-order valence-electron chi connectivity index (χ4n) is 7.36. The van der Waals surface area contributed by atoms with Crippen LogP contribution >= 0.6 is 0 Å². The van der Waals surface area contributed by atoms with Crippen LogP contribution in [0.3, 0.4) is 0 Å². The Morgan fingerprint density at radius 1 is 0.458 bits per heavy atom. The molecule has 7 aromatic carbocycles.